The van der Waals surface area contributed by atoms with Gasteiger partial charge in [-0.3, -0.25) is 4.79 Å². The average Bonchev–Trinajstić information content (AvgIpc) is 2.46. The second kappa shape index (κ2) is 7.19. The van der Waals surface area contributed by atoms with Gasteiger partial charge >= 0.3 is 5.97 Å². The van der Waals surface area contributed by atoms with Gasteiger partial charge < -0.3 is 10.1 Å². The predicted octanol–water partition coefficient (Wildman–Crippen LogP) is 3.80. The molecule has 120 valence electrons. The van der Waals surface area contributed by atoms with Gasteiger partial charge in [0.25, 0.3) is 5.91 Å². The van der Waals surface area contributed by atoms with Gasteiger partial charge in [-0.1, -0.05) is 17.7 Å². The first-order valence-electron chi connectivity index (χ1n) is 6.59. The van der Waals surface area contributed by atoms with Crippen LogP contribution in [0, 0.1) is 11.6 Å². The monoisotopic (exact) mass is 339 g/mol. The van der Waals surface area contributed by atoms with E-state index in [0.717, 1.165) is 24.3 Å². The zero-order valence-corrected chi connectivity index (χ0v) is 12.7. The van der Waals surface area contributed by atoms with Gasteiger partial charge in [-0.25, -0.2) is 13.6 Å². The number of hydrogen-bond donors (Lipinski definition) is 1. The van der Waals surface area contributed by atoms with E-state index in [1.165, 1.54) is 25.1 Å². The molecule has 0 radical (unpaired) electrons. The number of halogens is 3. The molecule has 1 amide bonds. The molecule has 0 fully saturated rings. The molecular formula is C16H12ClF2NO3. The second-order valence-electron chi connectivity index (χ2n) is 4.67. The van der Waals surface area contributed by atoms with Crippen LogP contribution < -0.4 is 5.32 Å². The van der Waals surface area contributed by atoms with Crippen LogP contribution >= 0.6 is 11.6 Å². The van der Waals surface area contributed by atoms with Crippen LogP contribution in [-0.2, 0) is 9.53 Å². The first kappa shape index (κ1) is 16.9. The molecule has 1 atom stereocenters. The number of benzene rings is 2. The Morgan fingerprint density at radius 1 is 1.13 bits per heavy atom. The van der Waals surface area contributed by atoms with Gasteiger partial charge in [0.2, 0.25) is 0 Å². The predicted molar refractivity (Wildman–Crippen MR) is 81.3 cm³/mol. The Morgan fingerprint density at radius 3 is 2.48 bits per heavy atom. The number of hydrogen-bond acceptors (Lipinski definition) is 3. The van der Waals surface area contributed by atoms with E-state index in [1.54, 1.807) is 0 Å². The van der Waals surface area contributed by atoms with E-state index in [-0.39, 0.29) is 16.3 Å². The van der Waals surface area contributed by atoms with Crippen LogP contribution in [0.4, 0.5) is 14.5 Å². The van der Waals surface area contributed by atoms with Gasteiger partial charge in [0.05, 0.1) is 10.6 Å². The molecule has 0 aliphatic carbocycles. The summed E-state index contributed by atoms with van der Waals surface area (Å²) in [6.45, 7) is 1.35. The summed E-state index contributed by atoms with van der Waals surface area (Å²) in [5.41, 5.74) is 0.177. The summed E-state index contributed by atoms with van der Waals surface area (Å²) in [5.74, 6) is -2.60. The molecule has 0 saturated carbocycles. The number of ether oxygens (including phenoxy) is 1. The SMILES string of the molecule is CC(OC(=O)c1ccc(F)cc1Cl)C(=O)Nc1cccc(F)c1. The van der Waals surface area contributed by atoms with Crippen LogP contribution in [0.3, 0.4) is 0 Å². The lowest BCUT2D eigenvalue weighted by Crippen LogP contribution is -2.30. The van der Waals surface area contributed by atoms with Gasteiger partial charge in [0.15, 0.2) is 6.10 Å². The van der Waals surface area contributed by atoms with Gasteiger partial charge in [0.1, 0.15) is 11.6 Å². The lowest BCUT2D eigenvalue weighted by molar-refractivity contribution is -0.123. The minimum absolute atomic E-state index is 0.0570. The third kappa shape index (κ3) is 4.50. The smallest absolute Gasteiger partial charge is 0.340 e. The van der Waals surface area contributed by atoms with E-state index in [2.05, 4.69) is 5.32 Å². The standard InChI is InChI=1S/C16H12ClF2NO3/c1-9(15(21)20-12-4-2-3-10(18)7-12)23-16(22)13-6-5-11(19)8-14(13)17/h2-9H,1H3,(H,20,21). The van der Waals surface area contributed by atoms with E-state index in [4.69, 9.17) is 16.3 Å². The Hall–Kier alpha value is -2.47. The fraction of sp³-hybridized carbons (Fsp3) is 0.125. The summed E-state index contributed by atoms with van der Waals surface area (Å²) < 4.78 is 31.0. The number of nitrogens with one attached hydrogen (secondary N) is 1. The summed E-state index contributed by atoms with van der Waals surface area (Å²) in [6.07, 6.45) is -1.15. The molecule has 0 aliphatic heterocycles. The third-order valence-corrected chi connectivity index (χ3v) is 3.21. The lowest BCUT2D eigenvalue weighted by atomic mass is 10.2. The van der Waals surface area contributed by atoms with Crippen molar-refractivity contribution in [1.82, 2.24) is 0 Å². The minimum atomic E-state index is -1.15. The topological polar surface area (TPSA) is 55.4 Å². The van der Waals surface area contributed by atoms with Crippen molar-refractivity contribution < 1.29 is 23.1 Å². The van der Waals surface area contributed by atoms with Crippen LogP contribution in [0.1, 0.15) is 17.3 Å². The van der Waals surface area contributed by atoms with Gasteiger partial charge in [-0.15, -0.1) is 0 Å². The Morgan fingerprint density at radius 2 is 1.83 bits per heavy atom. The minimum Gasteiger partial charge on any atom is -0.449 e. The molecule has 2 aromatic rings. The molecule has 1 unspecified atom stereocenters. The number of amides is 1. The summed E-state index contributed by atoms with van der Waals surface area (Å²) in [7, 11) is 0. The fourth-order valence-electron chi connectivity index (χ4n) is 1.74. The molecule has 7 heteroatoms. The van der Waals surface area contributed by atoms with E-state index < -0.39 is 29.6 Å². The van der Waals surface area contributed by atoms with Crippen LogP contribution in [-0.4, -0.2) is 18.0 Å². The fourth-order valence-corrected chi connectivity index (χ4v) is 1.99. The Balaban J connectivity index is 2.01. The second-order valence-corrected chi connectivity index (χ2v) is 5.08. The number of carbonyl (C=O) groups excluding carboxylic acids is 2. The lowest BCUT2D eigenvalue weighted by Gasteiger charge is -2.14. The van der Waals surface area contributed by atoms with E-state index in [1.807, 2.05) is 0 Å². The van der Waals surface area contributed by atoms with Crippen molar-refractivity contribution in [3.05, 3.63) is 64.7 Å². The highest BCUT2D eigenvalue weighted by Crippen LogP contribution is 2.19. The number of esters is 1. The van der Waals surface area contributed by atoms with Crippen LogP contribution in [0.5, 0.6) is 0 Å². The highest BCUT2D eigenvalue weighted by molar-refractivity contribution is 6.33. The Kier molecular flexibility index (Phi) is 5.28. The van der Waals surface area contributed by atoms with E-state index in [9.17, 15) is 18.4 Å². The molecule has 0 bridgehead atoms. The Labute approximate surface area is 136 Å². The molecule has 23 heavy (non-hydrogen) atoms. The maximum atomic E-state index is 13.0. The normalized spacial score (nSPS) is 11.7. The first-order chi connectivity index (χ1) is 10.9. The molecule has 2 aromatic carbocycles. The molecule has 0 aliphatic rings. The summed E-state index contributed by atoms with van der Waals surface area (Å²) in [6, 6.07) is 8.47. The highest BCUT2D eigenvalue weighted by atomic mass is 35.5. The summed E-state index contributed by atoms with van der Waals surface area (Å²) >= 11 is 5.75. The van der Waals surface area contributed by atoms with Crippen molar-refractivity contribution >= 4 is 29.2 Å². The molecule has 2 rings (SSSR count). The Bertz CT molecular complexity index is 752. The number of anilines is 1. The molecule has 0 heterocycles. The zero-order chi connectivity index (χ0) is 17.0. The molecular weight excluding hydrogens is 328 g/mol. The highest BCUT2D eigenvalue weighted by Gasteiger charge is 2.21. The van der Waals surface area contributed by atoms with Crippen molar-refractivity contribution in [2.24, 2.45) is 0 Å². The van der Waals surface area contributed by atoms with Gasteiger partial charge in [-0.2, -0.15) is 0 Å². The number of rotatable bonds is 4. The maximum absolute atomic E-state index is 13.0. The summed E-state index contributed by atoms with van der Waals surface area (Å²) in [5, 5.41) is 2.30. The zero-order valence-electron chi connectivity index (χ0n) is 12.0. The van der Waals surface area contributed by atoms with Crippen molar-refractivity contribution in [3.8, 4) is 0 Å². The molecule has 4 nitrogen and oxygen atoms in total. The van der Waals surface area contributed by atoms with Crippen LogP contribution in [0.25, 0.3) is 0 Å². The summed E-state index contributed by atoms with van der Waals surface area (Å²) in [4.78, 5) is 23.9. The van der Waals surface area contributed by atoms with Crippen molar-refractivity contribution in [2.75, 3.05) is 5.32 Å². The van der Waals surface area contributed by atoms with Crippen LogP contribution in [0.2, 0.25) is 5.02 Å². The van der Waals surface area contributed by atoms with Crippen molar-refractivity contribution in [1.29, 1.82) is 0 Å². The quantitative estimate of drug-likeness (QED) is 0.862. The molecule has 1 N–H and O–H groups in total. The average molecular weight is 340 g/mol. The van der Waals surface area contributed by atoms with Gasteiger partial charge in [0, 0.05) is 5.69 Å². The van der Waals surface area contributed by atoms with Crippen LogP contribution in [0.15, 0.2) is 42.5 Å². The van der Waals surface area contributed by atoms with Gasteiger partial charge in [-0.05, 0) is 43.3 Å². The van der Waals surface area contributed by atoms with Crippen molar-refractivity contribution in [2.45, 2.75) is 13.0 Å². The first-order valence-corrected chi connectivity index (χ1v) is 6.97. The molecule has 0 spiro atoms. The van der Waals surface area contributed by atoms with E-state index in [0.29, 0.717) is 0 Å². The largest absolute Gasteiger partial charge is 0.449 e. The molecule has 0 aromatic heterocycles. The third-order valence-electron chi connectivity index (χ3n) is 2.90. The van der Waals surface area contributed by atoms with Crippen molar-refractivity contribution in [3.63, 3.8) is 0 Å². The van der Waals surface area contributed by atoms with E-state index >= 15 is 0 Å². The maximum Gasteiger partial charge on any atom is 0.340 e. The number of carbonyl (C=O) groups is 2. The molecule has 0 saturated heterocycles.